The third-order valence-electron chi connectivity index (χ3n) is 3.46. The van der Waals surface area contributed by atoms with Gasteiger partial charge in [0.1, 0.15) is 5.75 Å². The summed E-state index contributed by atoms with van der Waals surface area (Å²) < 4.78 is 0. The molecule has 2 aromatic carbocycles. The first-order chi connectivity index (χ1) is 9.74. The van der Waals surface area contributed by atoms with Crippen molar-refractivity contribution in [3.8, 4) is 5.75 Å². The lowest BCUT2D eigenvalue weighted by atomic mass is 9.94. The second kappa shape index (κ2) is 6.90. The van der Waals surface area contributed by atoms with Crippen LogP contribution >= 0.6 is 0 Å². The average Bonchev–Trinajstić information content (AvgIpc) is 2.49. The van der Waals surface area contributed by atoms with Gasteiger partial charge in [0.25, 0.3) is 0 Å². The smallest absolute Gasteiger partial charge is 0.193 e. The second-order valence-electron chi connectivity index (χ2n) is 4.96. The molecule has 0 aromatic heterocycles. The Bertz CT molecular complexity index is 573. The average molecular weight is 268 g/mol. The molecule has 2 nitrogen and oxygen atoms in total. The third-order valence-corrected chi connectivity index (χ3v) is 3.46. The highest BCUT2D eigenvalue weighted by atomic mass is 16.3. The van der Waals surface area contributed by atoms with E-state index in [9.17, 15) is 9.90 Å². The van der Waals surface area contributed by atoms with Crippen molar-refractivity contribution in [1.29, 1.82) is 0 Å². The standard InChI is InChI=1S/C18H20O2/c1-2-3-5-11-15-16(12-8-13-17(15)19)18(20)14-9-6-4-7-10-14/h4,6-10,12-13,19H,2-3,5,11H2,1H3. The number of unbranched alkanes of at least 4 members (excludes halogenated alkanes) is 2. The molecule has 20 heavy (non-hydrogen) atoms. The predicted octanol–water partition coefficient (Wildman–Crippen LogP) is 4.36. The van der Waals surface area contributed by atoms with Crippen molar-refractivity contribution in [2.24, 2.45) is 0 Å². The van der Waals surface area contributed by atoms with Gasteiger partial charge < -0.3 is 5.11 Å². The van der Waals surface area contributed by atoms with E-state index in [1.165, 1.54) is 0 Å². The SMILES string of the molecule is CCCCCc1c(O)cccc1C(=O)c1ccccc1. The molecule has 0 bridgehead atoms. The summed E-state index contributed by atoms with van der Waals surface area (Å²) in [5.74, 6) is 0.205. The number of hydrogen-bond acceptors (Lipinski definition) is 2. The molecule has 0 saturated carbocycles. The maximum Gasteiger partial charge on any atom is 0.193 e. The van der Waals surface area contributed by atoms with E-state index in [-0.39, 0.29) is 11.5 Å². The Labute approximate surface area is 120 Å². The summed E-state index contributed by atoms with van der Waals surface area (Å²) in [7, 11) is 0. The minimum absolute atomic E-state index is 0.0204. The molecule has 0 atom stereocenters. The zero-order chi connectivity index (χ0) is 14.4. The molecule has 1 N–H and O–H groups in total. The second-order valence-corrected chi connectivity index (χ2v) is 4.96. The van der Waals surface area contributed by atoms with E-state index in [0.717, 1.165) is 31.2 Å². The van der Waals surface area contributed by atoms with Gasteiger partial charge in [0.15, 0.2) is 5.78 Å². The topological polar surface area (TPSA) is 37.3 Å². The van der Waals surface area contributed by atoms with E-state index < -0.39 is 0 Å². The molecule has 0 heterocycles. The van der Waals surface area contributed by atoms with Gasteiger partial charge in [-0.15, -0.1) is 0 Å². The number of phenols is 1. The Kier molecular flexibility index (Phi) is 4.94. The maximum absolute atomic E-state index is 12.5. The first-order valence-electron chi connectivity index (χ1n) is 7.14. The van der Waals surface area contributed by atoms with Crippen LogP contribution in [0.15, 0.2) is 48.5 Å². The molecule has 0 spiro atoms. The molecule has 2 aromatic rings. The van der Waals surface area contributed by atoms with Crippen LogP contribution in [-0.2, 0) is 6.42 Å². The molecular weight excluding hydrogens is 248 g/mol. The summed E-state index contributed by atoms with van der Waals surface area (Å²) in [6.45, 7) is 2.14. The molecule has 0 aliphatic rings. The zero-order valence-electron chi connectivity index (χ0n) is 11.8. The van der Waals surface area contributed by atoms with Gasteiger partial charge in [-0.25, -0.2) is 0 Å². The van der Waals surface area contributed by atoms with Crippen molar-refractivity contribution >= 4 is 5.78 Å². The quantitative estimate of drug-likeness (QED) is 0.624. The van der Waals surface area contributed by atoms with E-state index in [1.807, 2.05) is 30.3 Å². The molecule has 2 rings (SSSR count). The van der Waals surface area contributed by atoms with Gasteiger partial charge in [-0.2, -0.15) is 0 Å². The van der Waals surface area contributed by atoms with Gasteiger partial charge in [-0.1, -0.05) is 62.2 Å². The van der Waals surface area contributed by atoms with Crippen molar-refractivity contribution in [1.82, 2.24) is 0 Å². The summed E-state index contributed by atoms with van der Waals surface area (Å²) >= 11 is 0. The van der Waals surface area contributed by atoms with E-state index in [4.69, 9.17) is 0 Å². The fourth-order valence-electron chi connectivity index (χ4n) is 2.35. The maximum atomic E-state index is 12.5. The van der Waals surface area contributed by atoms with Crippen LogP contribution in [0.2, 0.25) is 0 Å². The van der Waals surface area contributed by atoms with Crippen molar-refractivity contribution in [3.63, 3.8) is 0 Å². The van der Waals surface area contributed by atoms with Crippen LogP contribution in [0, 0.1) is 0 Å². The Hall–Kier alpha value is -2.09. The minimum atomic E-state index is -0.0204. The first-order valence-corrected chi connectivity index (χ1v) is 7.14. The molecule has 104 valence electrons. The fourth-order valence-corrected chi connectivity index (χ4v) is 2.35. The van der Waals surface area contributed by atoms with Crippen LogP contribution in [0.3, 0.4) is 0 Å². The van der Waals surface area contributed by atoms with Crippen molar-refractivity contribution < 1.29 is 9.90 Å². The lowest BCUT2D eigenvalue weighted by Crippen LogP contribution is -2.05. The number of carbonyl (C=O) groups excluding carboxylic acids is 1. The zero-order valence-corrected chi connectivity index (χ0v) is 11.8. The number of rotatable bonds is 6. The van der Waals surface area contributed by atoms with Crippen LogP contribution in [0.1, 0.15) is 47.7 Å². The minimum Gasteiger partial charge on any atom is -0.508 e. The van der Waals surface area contributed by atoms with Crippen molar-refractivity contribution in [2.75, 3.05) is 0 Å². The van der Waals surface area contributed by atoms with Crippen LogP contribution in [0.25, 0.3) is 0 Å². The van der Waals surface area contributed by atoms with Gasteiger partial charge in [-0.05, 0) is 18.9 Å². The Morgan fingerprint density at radius 3 is 2.45 bits per heavy atom. The van der Waals surface area contributed by atoms with Gasteiger partial charge in [0.2, 0.25) is 0 Å². The summed E-state index contributed by atoms with van der Waals surface area (Å²) in [6.07, 6.45) is 3.96. The Balaban J connectivity index is 2.31. The van der Waals surface area contributed by atoms with Gasteiger partial charge >= 0.3 is 0 Å². The number of benzene rings is 2. The highest BCUT2D eigenvalue weighted by molar-refractivity contribution is 6.10. The molecule has 0 unspecified atom stereocenters. The van der Waals surface area contributed by atoms with Gasteiger partial charge in [0, 0.05) is 16.7 Å². The van der Waals surface area contributed by atoms with Gasteiger partial charge in [-0.3, -0.25) is 4.79 Å². The molecule has 0 radical (unpaired) electrons. The highest BCUT2D eigenvalue weighted by Crippen LogP contribution is 2.25. The summed E-state index contributed by atoms with van der Waals surface area (Å²) in [4.78, 5) is 12.5. The molecule has 0 aliphatic carbocycles. The first kappa shape index (κ1) is 14.3. The highest BCUT2D eigenvalue weighted by Gasteiger charge is 2.15. The number of aromatic hydroxyl groups is 1. The van der Waals surface area contributed by atoms with Crippen LogP contribution in [0.4, 0.5) is 0 Å². The molecule has 0 saturated heterocycles. The Morgan fingerprint density at radius 2 is 1.75 bits per heavy atom. The fraction of sp³-hybridized carbons (Fsp3) is 0.278. The van der Waals surface area contributed by atoms with Gasteiger partial charge in [0.05, 0.1) is 0 Å². The summed E-state index contributed by atoms with van der Waals surface area (Å²) in [5.41, 5.74) is 2.05. The summed E-state index contributed by atoms with van der Waals surface area (Å²) in [6, 6.07) is 14.4. The lowest BCUT2D eigenvalue weighted by molar-refractivity contribution is 0.103. The molecule has 2 heteroatoms. The molecule has 0 amide bonds. The number of hydrogen-bond donors (Lipinski definition) is 1. The van der Waals surface area contributed by atoms with Crippen molar-refractivity contribution in [3.05, 3.63) is 65.2 Å². The van der Waals surface area contributed by atoms with E-state index in [1.54, 1.807) is 18.2 Å². The van der Waals surface area contributed by atoms with E-state index in [0.29, 0.717) is 11.1 Å². The largest absolute Gasteiger partial charge is 0.508 e. The monoisotopic (exact) mass is 268 g/mol. The molecule has 0 aliphatic heterocycles. The Morgan fingerprint density at radius 1 is 1.00 bits per heavy atom. The van der Waals surface area contributed by atoms with Crippen LogP contribution in [-0.4, -0.2) is 10.9 Å². The number of carbonyl (C=O) groups is 1. The molecule has 0 fully saturated rings. The number of ketones is 1. The normalized spacial score (nSPS) is 10.4. The third kappa shape index (κ3) is 3.27. The lowest BCUT2D eigenvalue weighted by Gasteiger charge is -2.10. The van der Waals surface area contributed by atoms with Crippen molar-refractivity contribution in [2.45, 2.75) is 32.6 Å². The van der Waals surface area contributed by atoms with Crippen LogP contribution in [0.5, 0.6) is 5.75 Å². The predicted molar refractivity (Wildman–Crippen MR) is 81.2 cm³/mol. The number of phenolic OH excluding ortho intramolecular Hbond substituents is 1. The molecular formula is C18H20O2. The van der Waals surface area contributed by atoms with E-state index >= 15 is 0 Å². The van der Waals surface area contributed by atoms with Crippen LogP contribution < -0.4 is 0 Å². The van der Waals surface area contributed by atoms with E-state index in [2.05, 4.69) is 6.92 Å². The summed E-state index contributed by atoms with van der Waals surface area (Å²) in [5, 5.41) is 10.0.